The highest BCUT2D eigenvalue weighted by Gasteiger charge is 2.45. The Morgan fingerprint density at radius 2 is 1.75 bits per heavy atom. The lowest BCUT2D eigenvalue weighted by Crippen LogP contribution is -2.55. The van der Waals surface area contributed by atoms with Crippen LogP contribution in [-0.2, 0) is 11.2 Å². The van der Waals surface area contributed by atoms with Gasteiger partial charge in [-0.2, -0.15) is 0 Å². The Morgan fingerprint density at radius 3 is 2.44 bits per heavy atom. The fraction of sp³-hybridized carbons (Fsp3) is 0.440. The highest BCUT2D eigenvalue weighted by Crippen LogP contribution is 2.40. The minimum absolute atomic E-state index is 0.0763. The molecule has 2 aliphatic heterocycles. The maximum atomic E-state index is 13.4. The van der Waals surface area contributed by atoms with Crippen LogP contribution in [0.15, 0.2) is 42.5 Å². The summed E-state index contributed by atoms with van der Waals surface area (Å²) in [4.78, 5) is 29.1. The van der Waals surface area contributed by atoms with Gasteiger partial charge in [0.1, 0.15) is 11.8 Å². The fourth-order valence-corrected chi connectivity index (χ4v) is 5.31. The van der Waals surface area contributed by atoms with E-state index in [9.17, 15) is 9.59 Å². The van der Waals surface area contributed by atoms with Gasteiger partial charge in [-0.05, 0) is 67.3 Å². The van der Waals surface area contributed by atoms with Gasteiger partial charge in [0.25, 0.3) is 0 Å². The Kier molecular flexibility index (Phi) is 5.61. The molecule has 2 aromatic rings. The average Bonchev–Trinajstić information content (AvgIpc) is 3.28. The highest BCUT2D eigenvalue weighted by atomic mass is 16.5. The zero-order chi connectivity index (χ0) is 22.2. The largest absolute Gasteiger partial charge is 0.497 e. The quantitative estimate of drug-likeness (QED) is 0.720. The van der Waals surface area contributed by atoms with E-state index >= 15 is 0 Å². The lowest BCUT2D eigenvalue weighted by atomic mass is 9.77. The standard InChI is InChI=1S/C25H30N4O3/c1-16(30)17-3-6-19(7-4-17)28-11-13-29(14-12-28)25(31)24-22-9-5-18-15-20(32-2)8-10-21(18)23(22)26-27-24/h3-4,6-8,10,15,22-24,26-27H,5,9,11-14H2,1-2H3. The van der Waals surface area contributed by atoms with E-state index in [0.717, 1.165) is 42.9 Å². The van der Waals surface area contributed by atoms with Crippen LogP contribution in [0.4, 0.5) is 5.69 Å². The summed E-state index contributed by atoms with van der Waals surface area (Å²) in [5, 5.41) is 0. The van der Waals surface area contributed by atoms with E-state index in [1.54, 1.807) is 14.0 Å². The Bertz CT molecular complexity index is 1010. The van der Waals surface area contributed by atoms with E-state index in [4.69, 9.17) is 4.74 Å². The number of ketones is 1. The molecule has 0 spiro atoms. The van der Waals surface area contributed by atoms with Crippen molar-refractivity contribution in [1.82, 2.24) is 15.8 Å². The van der Waals surface area contributed by atoms with E-state index < -0.39 is 0 Å². The first-order valence-corrected chi connectivity index (χ1v) is 11.4. The van der Waals surface area contributed by atoms with Gasteiger partial charge in [0, 0.05) is 43.3 Å². The predicted octanol–water partition coefficient (Wildman–Crippen LogP) is 2.33. The number of hydrogen-bond donors (Lipinski definition) is 2. The maximum absolute atomic E-state index is 13.4. The number of nitrogens with one attached hydrogen (secondary N) is 2. The zero-order valence-electron chi connectivity index (χ0n) is 18.6. The second-order valence-corrected chi connectivity index (χ2v) is 8.93. The van der Waals surface area contributed by atoms with Crippen LogP contribution < -0.4 is 20.5 Å². The van der Waals surface area contributed by atoms with Gasteiger partial charge in [0.2, 0.25) is 5.91 Å². The third-order valence-electron chi connectivity index (χ3n) is 7.18. The van der Waals surface area contributed by atoms with E-state index in [1.165, 1.54) is 11.1 Å². The molecule has 0 aromatic heterocycles. The number of ether oxygens (including phenoxy) is 1. The van der Waals surface area contributed by atoms with Gasteiger partial charge < -0.3 is 14.5 Å². The number of amides is 1. The molecule has 0 bridgehead atoms. The van der Waals surface area contributed by atoms with Gasteiger partial charge in [-0.25, -0.2) is 10.9 Å². The normalized spacial score (nSPS) is 24.6. The third-order valence-corrected chi connectivity index (χ3v) is 7.18. The number of methoxy groups -OCH3 is 1. The molecular weight excluding hydrogens is 404 g/mol. The Hall–Kier alpha value is -2.90. The number of benzene rings is 2. The molecular formula is C25H30N4O3. The Morgan fingerprint density at radius 1 is 1.00 bits per heavy atom. The van der Waals surface area contributed by atoms with Crippen molar-refractivity contribution >= 4 is 17.4 Å². The number of anilines is 1. The number of hydrogen-bond acceptors (Lipinski definition) is 6. The van der Waals surface area contributed by atoms with Gasteiger partial charge in [0.15, 0.2) is 5.78 Å². The summed E-state index contributed by atoms with van der Waals surface area (Å²) in [6.45, 7) is 4.58. The van der Waals surface area contributed by atoms with E-state index in [1.807, 2.05) is 35.2 Å². The molecule has 3 atom stereocenters. The Balaban J connectivity index is 1.22. The highest BCUT2D eigenvalue weighted by molar-refractivity contribution is 5.94. The average molecular weight is 435 g/mol. The second-order valence-electron chi connectivity index (χ2n) is 8.93. The van der Waals surface area contributed by atoms with Gasteiger partial charge in [0.05, 0.1) is 13.2 Å². The van der Waals surface area contributed by atoms with E-state index in [0.29, 0.717) is 13.1 Å². The number of piperazine rings is 1. The van der Waals surface area contributed by atoms with Gasteiger partial charge in [-0.1, -0.05) is 6.07 Å². The molecule has 0 saturated carbocycles. The molecule has 168 valence electrons. The van der Waals surface area contributed by atoms with Gasteiger partial charge in [-0.3, -0.25) is 9.59 Å². The summed E-state index contributed by atoms with van der Waals surface area (Å²) >= 11 is 0. The lowest BCUT2D eigenvalue weighted by Gasteiger charge is -2.38. The molecule has 2 aromatic carbocycles. The zero-order valence-corrected chi connectivity index (χ0v) is 18.6. The van der Waals surface area contributed by atoms with Crippen LogP contribution >= 0.6 is 0 Å². The molecule has 32 heavy (non-hydrogen) atoms. The van der Waals surface area contributed by atoms with Crippen molar-refractivity contribution in [2.75, 3.05) is 38.2 Å². The number of fused-ring (bicyclic) bond motifs is 3. The van der Waals surface area contributed by atoms with Crippen LogP contribution in [0.3, 0.4) is 0 Å². The van der Waals surface area contributed by atoms with Crippen LogP contribution in [0.25, 0.3) is 0 Å². The van der Waals surface area contributed by atoms with Gasteiger partial charge in [-0.15, -0.1) is 0 Å². The van der Waals surface area contributed by atoms with E-state index in [2.05, 4.69) is 27.9 Å². The molecule has 7 heteroatoms. The van der Waals surface area contributed by atoms with Crippen LogP contribution in [0.2, 0.25) is 0 Å². The van der Waals surface area contributed by atoms with Crippen molar-refractivity contribution in [3.05, 3.63) is 59.2 Å². The number of rotatable bonds is 4. The number of carbonyl (C=O) groups is 2. The number of aryl methyl sites for hydroxylation is 1. The monoisotopic (exact) mass is 434 g/mol. The molecule has 3 unspecified atom stereocenters. The molecule has 5 rings (SSSR count). The minimum Gasteiger partial charge on any atom is -0.497 e. The lowest BCUT2D eigenvalue weighted by molar-refractivity contribution is -0.134. The molecule has 1 amide bonds. The molecule has 0 radical (unpaired) electrons. The van der Waals surface area contributed by atoms with Crippen molar-refractivity contribution in [3.8, 4) is 5.75 Å². The SMILES string of the molecule is COc1ccc2c(c1)CCC1C(C(=O)N3CCN(c4ccc(C(C)=O)cc4)CC3)NNC21. The van der Waals surface area contributed by atoms with Crippen molar-refractivity contribution in [2.45, 2.75) is 31.8 Å². The summed E-state index contributed by atoms with van der Waals surface area (Å²) in [5.74, 6) is 1.40. The predicted molar refractivity (Wildman–Crippen MR) is 123 cm³/mol. The molecule has 1 aliphatic carbocycles. The first kappa shape index (κ1) is 21.0. The number of hydrazine groups is 1. The summed E-state index contributed by atoms with van der Waals surface area (Å²) in [6.07, 6.45) is 1.94. The summed E-state index contributed by atoms with van der Waals surface area (Å²) in [6, 6.07) is 13.9. The summed E-state index contributed by atoms with van der Waals surface area (Å²) < 4.78 is 5.37. The van der Waals surface area contributed by atoms with Gasteiger partial charge >= 0.3 is 0 Å². The fourth-order valence-electron chi connectivity index (χ4n) is 5.31. The topological polar surface area (TPSA) is 73.9 Å². The number of carbonyl (C=O) groups excluding carboxylic acids is 2. The number of Topliss-reactive ketones (excluding diaryl/α,β-unsaturated/α-hetero) is 1. The molecule has 3 aliphatic rings. The first-order valence-electron chi connectivity index (χ1n) is 11.4. The third kappa shape index (κ3) is 3.76. The summed E-state index contributed by atoms with van der Waals surface area (Å²) in [5.41, 5.74) is 11.1. The van der Waals surface area contributed by atoms with E-state index in [-0.39, 0.29) is 29.7 Å². The summed E-state index contributed by atoms with van der Waals surface area (Å²) in [7, 11) is 1.69. The second kappa shape index (κ2) is 8.56. The van der Waals surface area contributed by atoms with Crippen molar-refractivity contribution < 1.29 is 14.3 Å². The molecule has 2 saturated heterocycles. The van der Waals surface area contributed by atoms with Crippen molar-refractivity contribution in [3.63, 3.8) is 0 Å². The molecule has 2 fully saturated rings. The van der Waals surface area contributed by atoms with Crippen LogP contribution in [-0.4, -0.2) is 55.9 Å². The smallest absolute Gasteiger partial charge is 0.241 e. The molecule has 2 N–H and O–H groups in total. The number of nitrogens with zero attached hydrogens (tertiary/aromatic N) is 2. The molecule has 7 nitrogen and oxygen atoms in total. The van der Waals surface area contributed by atoms with Crippen molar-refractivity contribution in [1.29, 1.82) is 0 Å². The maximum Gasteiger partial charge on any atom is 0.241 e. The Labute approximate surface area is 188 Å². The first-order chi connectivity index (χ1) is 15.5. The van der Waals surface area contributed by atoms with Crippen LogP contribution in [0, 0.1) is 5.92 Å². The minimum atomic E-state index is -0.198. The van der Waals surface area contributed by atoms with Crippen LogP contribution in [0.5, 0.6) is 5.75 Å². The van der Waals surface area contributed by atoms with Crippen molar-refractivity contribution in [2.24, 2.45) is 5.92 Å². The molecule has 2 heterocycles. The van der Waals surface area contributed by atoms with Crippen LogP contribution in [0.1, 0.15) is 40.9 Å².